The van der Waals surface area contributed by atoms with Crippen molar-refractivity contribution in [3.05, 3.63) is 11.6 Å². The summed E-state index contributed by atoms with van der Waals surface area (Å²) in [6.07, 6.45) is 24.8. The minimum atomic E-state index is -4.23. The van der Waals surface area contributed by atoms with Crippen molar-refractivity contribution in [2.45, 2.75) is 128 Å². The molecule has 5 fully saturated rings. The first-order valence-electron chi connectivity index (χ1n) is 15.4. The van der Waals surface area contributed by atoms with Crippen molar-refractivity contribution in [1.29, 1.82) is 0 Å². The second-order valence-corrected chi connectivity index (χ2v) is 14.9. The number of likely N-dealkylation sites (N-methyl/N-ethyl adjacent to an activating group) is 1. The third-order valence-corrected chi connectivity index (χ3v) is 10.8. The van der Waals surface area contributed by atoms with E-state index in [0.29, 0.717) is 0 Å². The molecule has 1 unspecified atom stereocenters. The molecule has 0 aromatic heterocycles. The summed E-state index contributed by atoms with van der Waals surface area (Å²) in [6, 6.07) is 0.207. The van der Waals surface area contributed by atoms with Crippen LogP contribution in [0.25, 0.3) is 0 Å². The molecule has 6 heteroatoms. The minimum absolute atomic E-state index is 0.207. The molecule has 0 aromatic carbocycles. The van der Waals surface area contributed by atoms with Crippen LogP contribution in [-0.4, -0.2) is 44.4 Å². The highest BCUT2D eigenvalue weighted by molar-refractivity contribution is 7.45. The van der Waals surface area contributed by atoms with Gasteiger partial charge in [0.15, 0.2) is 0 Å². The van der Waals surface area contributed by atoms with Crippen LogP contribution in [-0.2, 0) is 13.6 Å². The zero-order chi connectivity index (χ0) is 25.6. The molecular weight excluding hydrogens is 469 g/mol. The Morgan fingerprint density at radius 1 is 0.833 bits per heavy atom. The second kappa shape index (κ2) is 13.2. The number of unbranched alkanes of at least 4 members (excludes halogenated alkanes) is 8. The molecule has 36 heavy (non-hydrogen) atoms. The van der Waals surface area contributed by atoms with Crippen LogP contribution in [0, 0.1) is 23.7 Å². The molecular formula is C30H54NO4P. The summed E-state index contributed by atoms with van der Waals surface area (Å²) in [5.41, 5.74) is 1.87. The van der Waals surface area contributed by atoms with E-state index < -0.39 is 7.82 Å². The van der Waals surface area contributed by atoms with Crippen molar-refractivity contribution >= 4 is 7.82 Å². The maximum absolute atomic E-state index is 12.4. The van der Waals surface area contributed by atoms with E-state index in [1.54, 1.807) is 6.42 Å². The Hall–Kier alpha value is -0.190. The molecule has 0 saturated heterocycles. The zero-order valence-corrected chi connectivity index (χ0v) is 24.4. The van der Waals surface area contributed by atoms with Crippen LogP contribution in [0.2, 0.25) is 0 Å². The van der Waals surface area contributed by atoms with E-state index >= 15 is 0 Å². The van der Waals surface area contributed by atoms with E-state index in [-0.39, 0.29) is 18.8 Å². The molecule has 5 aliphatic carbocycles. The predicted molar refractivity (Wildman–Crippen MR) is 145 cm³/mol. The quantitative estimate of drug-likeness (QED) is 0.0971. The highest BCUT2D eigenvalue weighted by atomic mass is 31.2. The average molecular weight is 524 g/mol. The lowest BCUT2D eigenvalue weighted by Gasteiger charge is -2.51. The van der Waals surface area contributed by atoms with Crippen molar-refractivity contribution in [3.63, 3.8) is 0 Å². The van der Waals surface area contributed by atoms with Crippen molar-refractivity contribution in [2.75, 3.05) is 27.7 Å². The van der Waals surface area contributed by atoms with Crippen LogP contribution in [0.5, 0.6) is 0 Å². The summed E-state index contributed by atoms with van der Waals surface area (Å²) in [4.78, 5) is 12.4. The van der Waals surface area contributed by atoms with E-state index in [1.165, 1.54) is 64.2 Å². The van der Waals surface area contributed by atoms with Crippen molar-refractivity contribution in [1.82, 2.24) is 0 Å². The van der Waals surface area contributed by atoms with Gasteiger partial charge in [0.2, 0.25) is 0 Å². The molecule has 4 bridgehead atoms. The van der Waals surface area contributed by atoms with Crippen molar-refractivity contribution < 1.29 is 23.0 Å². The lowest BCUT2D eigenvalue weighted by Crippen LogP contribution is -2.53. The predicted octanol–water partition coefficient (Wildman–Crippen LogP) is 7.40. The Morgan fingerprint density at radius 2 is 1.39 bits per heavy atom. The number of quaternary nitrogens is 1. The summed E-state index contributed by atoms with van der Waals surface area (Å²) in [6.45, 7) is 0.251. The normalized spacial score (nSPS) is 33.6. The van der Waals surface area contributed by atoms with E-state index in [4.69, 9.17) is 9.05 Å². The summed E-state index contributed by atoms with van der Waals surface area (Å²) in [7, 11) is 2.12. The smallest absolute Gasteiger partial charge is 0.268 e. The maximum atomic E-state index is 12.4. The van der Waals surface area contributed by atoms with Gasteiger partial charge in [-0.05, 0) is 87.9 Å². The largest absolute Gasteiger partial charge is 0.756 e. The van der Waals surface area contributed by atoms with Gasteiger partial charge in [-0.25, -0.2) is 0 Å². The van der Waals surface area contributed by atoms with Gasteiger partial charge in [0.1, 0.15) is 12.1 Å². The van der Waals surface area contributed by atoms with Gasteiger partial charge in [0, 0.05) is 6.42 Å². The molecule has 5 aliphatic rings. The molecule has 0 radical (unpaired) electrons. The second-order valence-electron chi connectivity index (χ2n) is 13.5. The molecule has 5 saturated carbocycles. The van der Waals surface area contributed by atoms with Gasteiger partial charge in [0.05, 0.1) is 27.7 Å². The van der Waals surface area contributed by atoms with Crippen LogP contribution >= 0.6 is 7.82 Å². The minimum Gasteiger partial charge on any atom is -0.756 e. The SMILES string of the molecule is C[N+](C)(C)[C@@H]1CCCC[C@H]1OP(=O)([O-])OCCCCCCCCCCC=C1C2CC3CC(C2)CC1C3. The van der Waals surface area contributed by atoms with Crippen molar-refractivity contribution in [2.24, 2.45) is 23.7 Å². The molecule has 0 aromatic rings. The highest BCUT2D eigenvalue weighted by Gasteiger charge is 2.44. The molecule has 3 atom stereocenters. The third-order valence-electron chi connectivity index (χ3n) is 9.74. The van der Waals surface area contributed by atoms with Crippen LogP contribution in [0.1, 0.15) is 116 Å². The Kier molecular flexibility index (Phi) is 10.6. The molecule has 0 spiro atoms. The number of phosphoric ester groups is 1. The number of phosphoric acid groups is 1. The molecule has 0 heterocycles. The number of hydrogen-bond donors (Lipinski definition) is 0. The Morgan fingerprint density at radius 3 is 2.00 bits per heavy atom. The van der Waals surface area contributed by atoms with Gasteiger partial charge < -0.3 is 18.4 Å². The third kappa shape index (κ3) is 8.40. The summed E-state index contributed by atoms with van der Waals surface area (Å²) in [5.74, 6) is 4.05. The van der Waals surface area contributed by atoms with Gasteiger partial charge in [-0.3, -0.25) is 4.57 Å². The molecule has 5 nitrogen and oxygen atoms in total. The zero-order valence-electron chi connectivity index (χ0n) is 23.5. The van der Waals surface area contributed by atoms with Gasteiger partial charge in [-0.2, -0.15) is 0 Å². The topological polar surface area (TPSA) is 58.6 Å². The Labute approximate surface area is 221 Å². The first-order valence-corrected chi connectivity index (χ1v) is 16.8. The van der Waals surface area contributed by atoms with Gasteiger partial charge in [-0.1, -0.05) is 56.6 Å². The monoisotopic (exact) mass is 523 g/mol. The summed E-state index contributed by atoms with van der Waals surface area (Å²) >= 11 is 0. The van der Waals surface area contributed by atoms with Gasteiger partial charge >= 0.3 is 0 Å². The fourth-order valence-electron chi connectivity index (χ4n) is 8.10. The Balaban J connectivity index is 0.988. The van der Waals surface area contributed by atoms with Gasteiger partial charge in [-0.15, -0.1) is 0 Å². The van der Waals surface area contributed by atoms with Gasteiger partial charge in [0.25, 0.3) is 7.82 Å². The van der Waals surface area contributed by atoms with Crippen LogP contribution in [0.3, 0.4) is 0 Å². The molecule has 0 aliphatic heterocycles. The molecule has 208 valence electrons. The summed E-state index contributed by atoms with van der Waals surface area (Å²) in [5, 5.41) is 0. The first-order chi connectivity index (χ1) is 17.2. The molecule has 0 N–H and O–H groups in total. The maximum Gasteiger partial charge on any atom is 0.268 e. The number of allylic oxidation sites excluding steroid dienone is 2. The fourth-order valence-corrected chi connectivity index (χ4v) is 9.09. The number of rotatable bonds is 15. The molecule has 5 rings (SSSR count). The first kappa shape index (κ1) is 28.8. The number of hydrogen-bond acceptors (Lipinski definition) is 4. The lowest BCUT2D eigenvalue weighted by atomic mass is 9.54. The van der Waals surface area contributed by atoms with E-state index in [9.17, 15) is 9.46 Å². The highest BCUT2D eigenvalue weighted by Crippen LogP contribution is 2.56. The van der Waals surface area contributed by atoms with Crippen LogP contribution in [0.15, 0.2) is 11.6 Å². The van der Waals surface area contributed by atoms with Crippen LogP contribution in [0.4, 0.5) is 0 Å². The van der Waals surface area contributed by atoms with E-state index in [0.717, 1.165) is 73.1 Å². The molecule has 0 amide bonds. The summed E-state index contributed by atoms with van der Waals surface area (Å²) < 4.78 is 23.9. The Bertz CT molecular complexity index is 731. The standard InChI is InChI=1S/C30H54NO4P/c1-31(2,3)29-16-12-13-17-30(29)35-36(32,33)34-18-14-10-8-6-4-5-7-9-11-15-28-26-20-24-19-25(22-26)23-27(28)21-24/h15,24-27,29-30H,4-14,16-23H2,1-3H3/t24?,25?,26?,27?,29-,30-/m1/s1. The van der Waals surface area contributed by atoms with E-state index in [1.807, 2.05) is 5.57 Å². The average Bonchev–Trinajstić information content (AvgIpc) is 2.80. The fraction of sp³-hybridized carbons (Fsp3) is 0.933. The van der Waals surface area contributed by atoms with Crippen molar-refractivity contribution in [3.8, 4) is 0 Å². The lowest BCUT2D eigenvalue weighted by molar-refractivity contribution is -0.900. The van der Waals surface area contributed by atoms with E-state index in [2.05, 4.69) is 27.2 Å². The van der Waals surface area contributed by atoms with Crippen LogP contribution < -0.4 is 4.89 Å². The number of nitrogens with zero attached hydrogens (tertiary/aromatic N) is 1.